The zero-order valence-corrected chi connectivity index (χ0v) is 21.4. The Bertz CT molecular complexity index is 1260. The lowest BCUT2D eigenvalue weighted by atomic mass is 9.91. The van der Waals surface area contributed by atoms with Crippen molar-refractivity contribution in [2.45, 2.75) is 50.7 Å². The first kappa shape index (κ1) is 25.5. The normalized spacial score (nSPS) is 20.4. The van der Waals surface area contributed by atoms with Crippen LogP contribution in [0.4, 0.5) is 15.9 Å². The topological polar surface area (TPSA) is 94.6 Å². The quantitative estimate of drug-likeness (QED) is 0.423. The summed E-state index contributed by atoms with van der Waals surface area (Å²) in [5.41, 5.74) is 1.28. The van der Waals surface area contributed by atoms with Crippen LogP contribution in [0.1, 0.15) is 38.5 Å². The van der Waals surface area contributed by atoms with Crippen LogP contribution in [-0.2, 0) is 9.53 Å². The summed E-state index contributed by atoms with van der Waals surface area (Å²) < 4.78 is 30.9. The third kappa shape index (κ3) is 6.05. The second kappa shape index (κ2) is 11.5. The molecule has 1 aliphatic carbocycles. The number of carbonyl (C=O) groups excluding carboxylic acids is 1. The summed E-state index contributed by atoms with van der Waals surface area (Å²) in [5, 5.41) is 7.17. The molecular formula is C27H30ClFN4O4. The molecule has 1 saturated heterocycles. The van der Waals surface area contributed by atoms with E-state index in [9.17, 15) is 9.18 Å². The Labute approximate surface area is 219 Å². The minimum atomic E-state index is -0.488. The SMILES string of the molecule is COc1cc2ncnc(Nc3ccc(F)c(Cl)c3)c2cc1OC1CCC(NC(=O)C2CCOCC2)CC1. The van der Waals surface area contributed by atoms with Crippen LogP contribution in [0, 0.1) is 11.7 Å². The van der Waals surface area contributed by atoms with E-state index in [0.717, 1.165) is 43.9 Å². The molecule has 0 radical (unpaired) electrons. The molecule has 8 nitrogen and oxygen atoms in total. The molecule has 2 fully saturated rings. The average Bonchev–Trinajstić information content (AvgIpc) is 2.92. The highest BCUT2D eigenvalue weighted by Gasteiger charge is 2.28. The van der Waals surface area contributed by atoms with Crippen molar-refractivity contribution in [3.05, 3.63) is 47.5 Å². The molecule has 2 N–H and O–H groups in total. The van der Waals surface area contributed by atoms with Gasteiger partial charge in [0.2, 0.25) is 5.91 Å². The van der Waals surface area contributed by atoms with Crippen LogP contribution in [0.2, 0.25) is 5.02 Å². The molecule has 1 amide bonds. The van der Waals surface area contributed by atoms with Gasteiger partial charge in [-0.25, -0.2) is 14.4 Å². The second-order valence-corrected chi connectivity index (χ2v) is 9.89. The Balaban J connectivity index is 1.27. The number of halogens is 2. The molecule has 10 heteroatoms. The van der Waals surface area contributed by atoms with Crippen molar-refractivity contribution in [1.82, 2.24) is 15.3 Å². The van der Waals surface area contributed by atoms with Crippen molar-refractivity contribution >= 4 is 39.9 Å². The number of fused-ring (bicyclic) bond motifs is 1. The van der Waals surface area contributed by atoms with E-state index in [1.165, 1.54) is 18.5 Å². The number of hydrogen-bond donors (Lipinski definition) is 2. The number of benzene rings is 2. The molecule has 1 saturated carbocycles. The lowest BCUT2D eigenvalue weighted by Gasteiger charge is -2.31. The number of methoxy groups -OCH3 is 1. The molecule has 5 rings (SSSR count). The Hall–Kier alpha value is -3.17. The summed E-state index contributed by atoms with van der Waals surface area (Å²) in [6.07, 6.45) is 6.40. The van der Waals surface area contributed by atoms with Gasteiger partial charge in [0.25, 0.3) is 0 Å². The number of nitrogens with one attached hydrogen (secondary N) is 2. The van der Waals surface area contributed by atoms with Crippen molar-refractivity contribution < 1.29 is 23.4 Å². The number of anilines is 2. The first-order valence-electron chi connectivity index (χ1n) is 12.6. The first-order valence-corrected chi connectivity index (χ1v) is 13.0. The molecule has 0 unspecified atom stereocenters. The molecule has 0 spiro atoms. The van der Waals surface area contributed by atoms with Gasteiger partial charge < -0.3 is 24.8 Å². The van der Waals surface area contributed by atoms with Crippen LogP contribution < -0.4 is 20.1 Å². The highest BCUT2D eigenvalue weighted by atomic mass is 35.5. The van der Waals surface area contributed by atoms with Crippen molar-refractivity contribution in [2.24, 2.45) is 5.92 Å². The van der Waals surface area contributed by atoms with Crippen LogP contribution in [0.25, 0.3) is 10.9 Å². The zero-order valence-electron chi connectivity index (χ0n) is 20.6. The van der Waals surface area contributed by atoms with Gasteiger partial charge in [0, 0.05) is 42.3 Å². The number of ether oxygens (including phenoxy) is 3. The molecule has 1 aromatic heterocycles. The van der Waals surface area contributed by atoms with E-state index in [1.54, 1.807) is 13.2 Å². The van der Waals surface area contributed by atoms with E-state index >= 15 is 0 Å². The highest BCUT2D eigenvalue weighted by Crippen LogP contribution is 2.37. The van der Waals surface area contributed by atoms with Crippen molar-refractivity contribution in [3.8, 4) is 11.5 Å². The van der Waals surface area contributed by atoms with Crippen molar-refractivity contribution in [2.75, 3.05) is 25.6 Å². The summed E-state index contributed by atoms with van der Waals surface area (Å²) in [5.74, 6) is 1.43. The predicted molar refractivity (Wildman–Crippen MR) is 139 cm³/mol. The number of carbonyl (C=O) groups is 1. The fourth-order valence-corrected chi connectivity index (χ4v) is 5.09. The van der Waals surface area contributed by atoms with Gasteiger partial charge in [-0.3, -0.25) is 4.79 Å². The third-order valence-electron chi connectivity index (χ3n) is 7.01. The summed E-state index contributed by atoms with van der Waals surface area (Å²) in [6, 6.07) is 8.24. The predicted octanol–water partition coefficient (Wildman–Crippen LogP) is 5.41. The number of hydrogen-bond acceptors (Lipinski definition) is 7. The monoisotopic (exact) mass is 528 g/mol. The van der Waals surface area contributed by atoms with Crippen LogP contribution in [0.3, 0.4) is 0 Å². The standard InChI is InChI=1S/C27H30ClFN4O4/c1-35-24-14-23-20(26(31-15-30-23)32-18-4-7-22(29)21(28)12-18)13-25(24)37-19-5-2-17(3-6-19)33-27(34)16-8-10-36-11-9-16/h4,7,12-17,19H,2-3,5-6,8-11H2,1H3,(H,33,34)(H,30,31,32). The van der Waals surface area contributed by atoms with Gasteiger partial charge in [0.15, 0.2) is 11.5 Å². The van der Waals surface area contributed by atoms with Crippen LogP contribution in [-0.4, -0.2) is 48.3 Å². The average molecular weight is 529 g/mol. The summed E-state index contributed by atoms with van der Waals surface area (Å²) in [4.78, 5) is 21.3. The molecule has 37 heavy (non-hydrogen) atoms. The van der Waals surface area contributed by atoms with Gasteiger partial charge in [0.1, 0.15) is 18.0 Å². The maximum absolute atomic E-state index is 13.6. The Morgan fingerprint density at radius 3 is 2.57 bits per heavy atom. The van der Waals surface area contributed by atoms with E-state index in [1.807, 2.05) is 12.1 Å². The molecule has 2 aromatic carbocycles. The largest absolute Gasteiger partial charge is 0.493 e. The zero-order chi connectivity index (χ0) is 25.8. The Morgan fingerprint density at radius 1 is 1.05 bits per heavy atom. The van der Waals surface area contributed by atoms with Crippen LogP contribution in [0.15, 0.2) is 36.7 Å². The molecule has 1 aliphatic heterocycles. The van der Waals surface area contributed by atoms with Crippen LogP contribution >= 0.6 is 11.6 Å². The van der Waals surface area contributed by atoms with Crippen LogP contribution in [0.5, 0.6) is 11.5 Å². The lowest BCUT2D eigenvalue weighted by molar-refractivity contribution is -0.128. The van der Waals surface area contributed by atoms with Gasteiger partial charge in [-0.05, 0) is 62.8 Å². The van der Waals surface area contributed by atoms with Gasteiger partial charge in [-0.15, -0.1) is 0 Å². The van der Waals surface area contributed by atoms with E-state index < -0.39 is 5.82 Å². The molecule has 2 heterocycles. The van der Waals surface area contributed by atoms with Gasteiger partial charge in [-0.2, -0.15) is 0 Å². The minimum absolute atomic E-state index is 0.000437. The number of amides is 1. The highest BCUT2D eigenvalue weighted by molar-refractivity contribution is 6.31. The van der Waals surface area contributed by atoms with Gasteiger partial charge in [-0.1, -0.05) is 11.6 Å². The number of rotatable bonds is 7. The molecule has 196 valence electrons. The van der Waals surface area contributed by atoms with Gasteiger partial charge >= 0.3 is 0 Å². The summed E-state index contributed by atoms with van der Waals surface area (Å²) in [6.45, 7) is 1.32. The minimum Gasteiger partial charge on any atom is -0.493 e. The maximum Gasteiger partial charge on any atom is 0.223 e. The van der Waals surface area contributed by atoms with Gasteiger partial charge in [0.05, 0.1) is 23.8 Å². The Kier molecular flexibility index (Phi) is 7.90. The first-order chi connectivity index (χ1) is 18.0. The van der Waals surface area contributed by atoms with E-state index in [4.69, 9.17) is 25.8 Å². The lowest BCUT2D eigenvalue weighted by Crippen LogP contribution is -2.43. The number of nitrogens with zero attached hydrogens (tertiary/aromatic N) is 2. The van der Waals surface area contributed by atoms with Crippen molar-refractivity contribution in [1.29, 1.82) is 0 Å². The fourth-order valence-electron chi connectivity index (χ4n) is 4.91. The third-order valence-corrected chi connectivity index (χ3v) is 7.30. The second-order valence-electron chi connectivity index (χ2n) is 9.48. The smallest absolute Gasteiger partial charge is 0.223 e. The molecule has 3 aromatic rings. The van der Waals surface area contributed by atoms with E-state index in [2.05, 4.69) is 20.6 Å². The summed E-state index contributed by atoms with van der Waals surface area (Å²) >= 11 is 5.94. The molecule has 0 bridgehead atoms. The van der Waals surface area contributed by atoms with E-state index in [0.29, 0.717) is 41.7 Å². The molecule has 0 atom stereocenters. The Morgan fingerprint density at radius 2 is 1.84 bits per heavy atom. The maximum atomic E-state index is 13.6. The van der Waals surface area contributed by atoms with Crippen molar-refractivity contribution in [3.63, 3.8) is 0 Å². The number of aromatic nitrogens is 2. The fraction of sp³-hybridized carbons (Fsp3) is 0.444. The molecule has 2 aliphatic rings. The summed E-state index contributed by atoms with van der Waals surface area (Å²) in [7, 11) is 1.59. The van der Waals surface area contributed by atoms with E-state index in [-0.39, 0.29) is 29.0 Å². The molecular weight excluding hydrogens is 499 g/mol.